The van der Waals surface area contributed by atoms with Crippen molar-refractivity contribution in [3.8, 4) is 0 Å². The summed E-state index contributed by atoms with van der Waals surface area (Å²) < 4.78 is 9.89. The van der Waals surface area contributed by atoms with E-state index in [1.807, 2.05) is 0 Å². The quantitative estimate of drug-likeness (QED) is 0.395. The molecule has 0 rings (SSSR count). The Morgan fingerprint density at radius 2 is 2.09 bits per heavy atom. The second-order valence-corrected chi connectivity index (χ2v) is 2.20. The average Bonchev–Trinajstić information content (AvgIpc) is 2.04. The Hall–Kier alpha value is -0.160. The van der Waals surface area contributed by atoms with Crippen LogP contribution in [0.3, 0.4) is 0 Å². The van der Waals surface area contributed by atoms with E-state index in [1.165, 1.54) is 0 Å². The lowest BCUT2D eigenvalue weighted by molar-refractivity contribution is 0.0417. The lowest BCUT2D eigenvalue weighted by Crippen LogP contribution is -2.26. The molecule has 0 aromatic heterocycles. The first kappa shape index (κ1) is 10.8. The van der Waals surface area contributed by atoms with E-state index >= 15 is 0 Å². The molecule has 0 saturated carbocycles. The third-order valence-electron chi connectivity index (χ3n) is 1.30. The maximum Gasteiger partial charge on any atom is 0.106 e. The summed E-state index contributed by atoms with van der Waals surface area (Å²) in [6, 6.07) is 0. The maximum atomic E-state index is 8.99. The summed E-state index contributed by atoms with van der Waals surface area (Å²) in [5, 5.41) is 11.7. The Kier molecular flexibility index (Phi) is 7.83. The van der Waals surface area contributed by atoms with Gasteiger partial charge in [-0.1, -0.05) is 0 Å². The van der Waals surface area contributed by atoms with Gasteiger partial charge in [-0.15, -0.1) is 0 Å². The van der Waals surface area contributed by atoms with Gasteiger partial charge in [0.05, 0.1) is 19.8 Å². The van der Waals surface area contributed by atoms with Gasteiger partial charge in [-0.05, 0) is 7.05 Å². The van der Waals surface area contributed by atoms with Crippen LogP contribution in [0.5, 0.6) is 0 Å². The molecule has 68 valence electrons. The van der Waals surface area contributed by atoms with Crippen LogP contribution in [0, 0.1) is 0 Å². The van der Waals surface area contributed by atoms with Crippen LogP contribution in [-0.2, 0) is 9.47 Å². The number of hydrogen-bond donors (Lipinski definition) is 2. The average molecular weight is 163 g/mol. The van der Waals surface area contributed by atoms with Gasteiger partial charge in [0.1, 0.15) is 6.23 Å². The number of hydrogen-bond acceptors (Lipinski definition) is 4. The van der Waals surface area contributed by atoms with E-state index in [4.69, 9.17) is 14.6 Å². The summed E-state index contributed by atoms with van der Waals surface area (Å²) in [7, 11) is 3.34. The first-order valence-electron chi connectivity index (χ1n) is 3.73. The third-order valence-corrected chi connectivity index (χ3v) is 1.30. The second kappa shape index (κ2) is 7.94. The lowest BCUT2D eigenvalue weighted by atomic mass is 10.4. The summed E-state index contributed by atoms with van der Waals surface area (Å²) in [6.45, 7) is 1.76. The van der Waals surface area contributed by atoms with E-state index < -0.39 is 6.23 Å². The zero-order chi connectivity index (χ0) is 8.53. The third kappa shape index (κ3) is 7.74. The minimum Gasteiger partial charge on any atom is -0.382 e. The van der Waals surface area contributed by atoms with Crippen LogP contribution in [0.4, 0.5) is 0 Å². The molecule has 0 bridgehead atoms. The highest BCUT2D eigenvalue weighted by molar-refractivity contribution is 4.46. The van der Waals surface area contributed by atoms with Crippen molar-refractivity contribution in [1.82, 2.24) is 5.32 Å². The molecule has 1 atom stereocenters. The molecule has 0 aromatic rings. The number of aliphatic hydroxyl groups excluding tert-OH is 1. The highest BCUT2D eigenvalue weighted by atomic mass is 16.5. The SMILES string of the molecule is CNC(O)CCOCCOC. The second-order valence-electron chi connectivity index (χ2n) is 2.20. The summed E-state index contributed by atoms with van der Waals surface area (Å²) in [5.74, 6) is 0. The Morgan fingerprint density at radius 1 is 1.36 bits per heavy atom. The van der Waals surface area contributed by atoms with Gasteiger partial charge in [-0.25, -0.2) is 0 Å². The Bertz CT molecular complexity index is 80.1. The molecular weight excluding hydrogens is 146 g/mol. The fourth-order valence-corrected chi connectivity index (χ4v) is 0.584. The normalized spacial score (nSPS) is 13.4. The van der Waals surface area contributed by atoms with Crippen molar-refractivity contribution in [2.45, 2.75) is 12.6 Å². The van der Waals surface area contributed by atoms with Crippen LogP contribution >= 0.6 is 0 Å². The molecule has 4 nitrogen and oxygen atoms in total. The van der Waals surface area contributed by atoms with E-state index in [9.17, 15) is 0 Å². The van der Waals surface area contributed by atoms with Crippen molar-refractivity contribution in [3.63, 3.8) is 0 Å². The van der Waals surface area contributed by atoms with E-state index in [0.717, 1.165) is 0 Å². The van der Waals surface area contributed by atoms with E-state index in [0.29, 0.717) is 26.2 Å². The molecule has 0 aliphatic heterocycles. The van der Waals surface area contributed by atoms with Crippen LogP contribution in [0.1, 0.15) is 6.42 Å². The largest absolute Gasteiger partial charge is 0.382 e. The Balaban J connectivity index is 2.89. The molecule has 0 aliphatic carbocycles. The van der Waals surface area contributed by atoms with Crippen LogP contribution in [-0.4, -0.2) is 45.3 Å². The van der Waals surface area contributed by atoms with Crippen LogP contribution in [0.15, 0.2) is 0 Å². The monoisotopic (exact) mass is 163 g/mol. The maximum absolute atomic E-state index is 8.99. The molecule has 0 amide bonds. The van der Waals surface area contributed by atoms with Crippen LogP contribution in [0.2, 0.25) is 0 Å². The Morgan fingerprint density at radius 3 is 2.64 bits per heavy atom. The number of aliphatic hydroxyl groups is 1. The van der Waals surface area contributed by atoms with Crippen molar-refractivity contribution < 1.29 is 14.6 Å². The van der Waals surface area contributed by atoms with Gasteiger partial charge in [-0.3, -0.25) is 5.32 Å². The molecule has 0 spiro atoms. The molecule has 0 aliphatic rings. The minimum absolute atomic E-state index is 0.461. The summed E-state index contributed by atoms with van der Waals surface area (Å²) >= 11 is 0. The smallest absolute Gasteiger partial charge is 0.106 e. The van der Waals surface area contributed by atoms with Crippen molar-refractivity contribution in [3.05, 3.63) is 0 Å². The summed E-state index contributed by atoms with van der Waals surface area (Å²) in [5.41, 5.74) is 0. The van der Waals surface area contributed by atoms with E-state index in [-0.39, 0.29) is 0 Å². The summed E-state index contributed by atoms with van der Waals surface area (Å²) in [6.07, 6.45) is 0.151. The molecule has 0 fully saturated rings. The first-order valence-corrected chi connectivity index (χ1v) is 3.73. The fourth-order valence-electron chi connectivity index (χ4n) is 0.584. The number of rotatable bonds is 7. The molecule has 0 saturated heterocycles. The fraction of sp³-hybridized carbons (Fsp3) is 1.00. The van der Waals surface area contributed by atoms with Gasteiger partial charge >= 0.3 is 0 Å². The number of nitrogens with one attached hydrogen (secondary N) is 1. The van der Waals surface area contributed by atoms with Crippen molar-refractivity contribution in [2.24, 2.45) is 0 Å². The molecule has 2 N–H and O–H groups in total. The molecule has 0 aromatic carbocycles. The molecule has 1 unspecified atom stereocenters. The lowest BCUT2D eigenvalue weighted by Gasteiger charge is -2.08. The predicted octanol–water partition coefficient (Wildman–Crippen LogP) is -0.423. The standard InChI is InChI=1S/C7H17NO3/c1-8-7(9)3-4-11-6-5-10-2/h7-9H,3-6H2,1-2H3. The summed E-state index contributed by atoms with van der Waals surface area (Å²) in [4.78, 5) is 0. The molecule has 0 radical (unpaired) electrons. The van der Waals surface area contributed by atoms with Gasteiger partial charge in [-0.2, -0.15) is 0 Å². The number of ether oxygens (including phenoxy) is 2. The topological polar surface area (TPSA) is 50.7 Å². The highest BCUT2D eigenvalue weighted by Crippen LogP contribution is 1.87. The molecule has 4 heteroatoms. The molecule has 0 heterocycles. The Labute approximate surface area is 67.5 Å². The van der Waals surface area contributed by atoms with E-state index in [1.54, 1.807) is 14.2 Å². The zero-order valence-electron chi connectivity index (χ0n) is 7.17. The predicted molar refractivity (Wildman–Crippen MR) is 42.4 cm³/mol. The van der Waals surface area contributed by atoms with Crippen LogP contribution < -0.4 is 5.32 Å². The van der Waals surface area contributed by atoms with Crippen molar-refractivity contribution >= 4 is 0 Å². The minimum atomic E-state index is -0.461. The van der Waals surface area contributed by atoms with E-state index in [2.05, 4.69) is 5.32 Å². The zero-order valence-corrected chi connectivity index (χ0v) is 7.17. The van der Waals surface area contributed by atoms with Gasteiger partial charge in [0.15, 0.2) is 0 Å². The van der Waals surface area contributed by atoms with Gasteiger partial charge in [0.2, 0.25) is 0 Å². The van der Waals surface area contributed by atoms with Gasteiger partial charge in [0.25, 0.3) is 0 Å². The van der Waals surface area contributed by atoms with Crippen LogP contribution in [0.25, 0.3) is 0 Å². The van der Waals surface area contributed by atoms with Gasteiger partial charge < -0.3 is 14.6 Å². The van der Waals surface area contributed by atoms with Crippen molar-refractivity contribution in [1.29, 1.82) is 0 Å². The van der Waals surface area contributed by atoms with Crippen molar-refractivity contribution in [2.75, 3.05) is 34.0 Å². The highest BCUT2D eigenvalue weighted by Gasteiger charge is 1.97. The number of methoxy groups -OCH3 is 1. The first-order chi connectivity index (χ1) is 5.31. The van der Waals surface area contributed by atoms with Gasteiger partial charge in [0, 0.05) is 13.5 Å². The molecular formula is C7H17NO3. The molecule has 11 heavy (non-hydrogen) atoms.